The molecule has 0 atom stereocenters. The summed E-state index contributed by atoms with van der Waals surface area (Å²) in [6, 6.07) is 16.1. The molecule has 1 aromatic carbocycles. The van der Waals surface area contributed by atoms with E-state index in [1.165, 1.54) is 5.69 Å². The summed E-state index contributed by atoms with van der Waals surface area (Å²) in [6.45, 7) is 7.95. The number of piperazine rings is 1. The van der Waals surface area contributed by atoms with Crippen LogP contribution in [0, 0.1) is 6.92 Å². The van der Waals surface area contributed by atoms with Crippen molar-refractivity contribution in [3.8, 4) is 11.3 Å². The van der Waals surface area contributed by atoms with Crippen molar-refractivity contribution in [2.24, 2.45) is 4.99 Å². The molecule has 1 fully saturated rings. The van der Waals surface area contributed by atoms with E-state index in [1.54, 1.807) is 0 Å². The van der Waals surface area contributed by atoms with E-state index < -0.39 is 0 Å². The maximum atomic E-state index is 12.5. The van der Waals surface area contributed by atoms with E-state index in [9.17, 15) is 4.79 Å². The van der Waals surface area contributed by atoms with Crippen LogP contribution in [0.3, 0.4) is 0 Å². The lowest BCUT2D eigenvalue weighted by molar-refractivity contribution is 0.589. The fourth-order valence-corrected chi connectivity index (χ4v) is 3.62. The number of fused-ring (bicyclic) bond motifs is 1. The summed E-state index contributed by atoms with van der Waals surface area (Å²) in [4.78, 5) is 22.7. The summed E-state index contributed by atoms with van der Waals surface area (Å²) in [7, 11) is 0. The minimum atomic E-state index is -0.0895. The molecule has 5 heteroatoms. The van der Waals surface area contributed by atoms with Crippen molar-refractivity contribution in [3.63, 3.8) is 0 Å². The largest absolute Gasteiger partial charge is 0.369 e. The molecule has 138 valence electrons. The Morgan fingerprint density at radius 2 is 1.85 bits per heavy atom. The van der Waals surface area contributed by atoms with Gasteiger partial charge in [0.15, 0.2) is 0 Å². The first-order chi connectivity index (χ1) is 13.1. The second-order valence-corrected chi connectivity index (χ2v) is 6.97. The van der Waals surface area contributed by atoms with Gasteiger partial charge in [-0.2, -0.15) is 0 Å². The average molecular weight is 360 g/mol. The van der Waals surface area contributed by atoms with E-state index in [1.807, 2.05) is 37.3 Å². The molecule has 5 nitrogen and oxygen atoms in total. The van der Waals surface area contributed by atoms with Gasteiger partial charge in [0, 0.05) is 43.1 Å². The van der Waals surface area contributed by atoms with Gasteiger partial charge in [0.2, 0.25) is 0 Å². The van der Waals surface area contributed by atoms with E-state index in [-0.39, 0.29) is 5.56 Å². The summed E-state index contributed by atoms with van der Waals surface area (Å²) in [6.07, 6.45) is 0. The Morgan fingerprint density at radius 1 is 1.07 bits per heavy atom. The molecule has 0 radical (unpaired) electrons. The zero-order valence-corrected chi connectivity index (χ0v) is 15.7. The molecule has 27 heavy (non-hydrogen) atoms. The molecule has 0 saturated carbocycles. The number of aliphatic imine (C=N–C) groups is 1. The Bertz CT molecular complexity index is 1010. The standard InChI is InChI=1S/C22H24N4O/c1-15-8-9-17(26-12-10-23-11-13-26)14-20(15)24-16(2)21-18-6-4-3-5-7-19(18)25-22(21)27/h3-9,14,23H,10-13H2,1-2H3,(H,25,27). The van der Waals surface area contributed by atoms with Crippen molar-refractivity contribution in [1.82, 2.24) is 10.3 Å². The Kier molecular flexibility index (Phi) is 4.77. The maximum absolute atomic E-state index is 12.5. The Hall–Kier alpha value is -2.92. The molecule has 1 aromatic rings. The van der Waals surface area contributed by atoms with Gasteiger partial charge in [-0.1, -0.05) is 30.3 Å². The predicted molar refractivity (Wildman–Crippen MR) is 112 cm³/mol. The molecule has 0 unspecified atom stereocenters. The smallest absolute Gasteiger partial charge is 0.258 e. The monoisotopic (exact) mass is 360 g/mol. The summed E-state index contributed by atoms with van der Waals surface area (Å²) in [5.41, 5.74) is 6.23. The topological polar surface area (TPSA) is 60.5 Å². The van der Waals surface area contributed by atoms with E-state index in [4.69, 9.17) is 4.99 Å². The van der Waals surface area contributed by atoms with Crippen LogP contribution in [0.25, 0.3) is 11.3 Å². The molecular weight excluding hydrogens is 336 g/mol. The van der Waals surface area contributed by atoms with Crippen LogP contribution >= 0.6 is 0 Å². The highest BCUT2D eigenvalue weighted by Gasteiger charge is 2.17. The summed E-state index contributed by atoms with van der Waals surface area (Å²) in [5, 5.41) is 3.38. The van der Waals surface area contributed by atoms with Crippen LogP contribution in [0.5, 0.6) is 0 Å². The fourth-order valence-electron chi connectivity index (χ4n) is 3.62. The number of aromatic nitrogens is 1. The third-order valence-electron chi connectivity index (χ3n) is 5.11. The molecule has 4 rings (SSSR count). The number of rotatable bonds is 3. The van der Waals surface area contributed by atoms with Gasteiger partial charge in [-0.05, 0) is 37.6 Å². The minimum absolute atomic E-state index is 0.0895. The SMILES string of the molecule is CC(=Nc1cc(N2CCNCC2)ccc1C)c1c2cccccc-2[nH]c1=O. The van der Waals surface area contributed by atoms with Gasteiger partial charge >= 0.3 is 0 Å². The first kappa shape index (κ1) is 17.5. The molecule has 0 amide bonds. The lowest BCUT2D eigenvalue weighted by Gasteiger charge is -2.29. The van der Waals surface area contributed by atoms with E-state index in [0.29, 0.717) is 5.56 Å². The van der Waals surface area contributed by atoms with Crippen LogP contribution in [0.15, 0.2) is 58.3 Å². The van der Waals surface area contributed by atoms with Gasteiger partial charge < -0.3 is 15.2 Å². The lowest BCUT2D eigenvalue weighted by atomic mass is 10.1. The quantitative estimate of drug-likeness (QED) is 0.704. The predicted octanol–water partition coefficient (Wildman–Crippen LogP) is 3.34. The van der Waals surface area contributed by atoms with Gasteiger partial charge in [0.25, 0.3) is 5.56 Å². The molecule has 0 aromatic heterocycles. The molecule has 2 aliphatic heterocycles. The first-order valence-corrected chi connectivity index (χ1v) is 9.36. The first-order valence-electron chi connectivity index (χ1n) is 9.36. The zero-order valence-electron chi connectivity index (χ0n) is 15.7. The van der Waals surface area contributed by atoms with Gasteiger partial charge in [-0.15, -0.1) is 0 Å². The zero-order chi connectivity index (χ0) is 18.8. The Morgan fingerprint density at radius 3 is 2.67 bits per heavy atom. The number of hydrogen-bond donors (Lipinski definition) is 2. The van der Waals surface area contributed by atoms with Gasteiger partial charge in [0.1, 0.15) is 0 Å². The molecule has 2 N–H and O–H groups in total. The van der Waals surface area contributed by atoms with Gasteiger partial charge in [0.05, 0.1) is 17.0 Å². The van der Waals surface area contributed by atoms with Gasteiger partial charge in [-0.25, -0.2) is 0 Å². The van der Waals surface area contributed by atoms with Gasteiger partial charge in [-0.3, -0.25) is 9.79 Å². The van der Waals surface area contributed by atoms with E-state index >= 15 is 0 Å². The number of H-pyrrole nitrogens is 1. The number of nitrogens with one attached hydrogen (secondary N) is 2. The fraction of sp³-hybridized carbons (Fsp3) is 0.273. The maximum Gasteiger partial charge on any atom is 0.258 e. The average Bonchev–Trinajstić information content (AvgIpc) is 2.83. The molecule has 0 spiro atoms. The van der Waals surface area contributed by atoms with Crippen LogP contribution in [-0.4, -0.2) is 36.9 Å². The van der Waals surface area contributed by atoms with Crippen molar-refractivity contribution < 1.29 is 0 Å². The van der Waals surface area contributed by atoms with Crippen molar-refractivity contribution in [2.45, 2.75) is 13.8 Å². The molecular formula is C22H24N4O. The number of anilines is 1. The highest BCUT2D eigenvalue weighted by molar-refractivity contribution is 6.05. The number of nitrogens with zero attached hydrogens (tertiary/aromatic N) is 2. The highest BCUT2D eigenvalue weighted by atomic mass is 16.1. The second kappa shape index (κ2) is 7.37. The molecule has 1 saturated heterocycles. The second-order valence-electron chi connectivity index (χ2n) is 6.97. The van der Waals surface area contributed by atoms with Crippen LogP contribution < -0.4 is 15.8 Å². The summed E-state index contributed by atoms with van der Waals surface area (Å²) < 4.78 is 0. The normalized spacial score (nSPS) is 15.3. The molecule has 0 bridgehead atoms. The third kappa shape index (κ3) is 3.51. The summed E-state index contributed by atoms with van der Waals surface area (Å²) >= 11 is 0. The Labute approximate surface area is 159 Å². The third-order valence-corrected chi connectivity index (χ3v) is 5.11. The Balaban J connectivity index is 1.74. The molecule has 1 aliphatic carbocycles. The van der Waals surface area contributed by atoms with Crippen molar-refractivity contribution in [1.29, 1.82) is 0 Å². The lowest BCUT2D eigenvalue weighted by Crippen LogP contribution is -2.43. The minimum Gasteiger partial charge on any atom is -0.369 e. The van der Waals surface area contributed by atoms with E-state index in [2.05, 4.69) is 40.3 Å². The molecule has 3 aliphatic rings. The van der Waals surface area contributed by atoms with Crippen LogP contribution in [0.1, 0.15) is 18.1 Å². The number of benzene rings is 1. The number of aromatic amines is 1. The summed E-state index contributed by atoms with van der Waals surface area (Å²) in [5.74, 6) is 0. The van der Waals surface area contributed by atoms with Crippen molar-refractivity contribution >= 4 is 17.1 Å². The van der Waals surface area contributed by atoms with Crippen LogP contribution in [0.4, 0.5) is 11.4 Å². The number of hydrogen-bond acceptors (Lipinski definition) is 4. The van der Waals surface area contributed by atoms with Crippen molar-refractivity contribution in [3.05, 3.63) is 70.0 Å². The van der Waals surface area contributed by atoms with E-state index in [0.717, 1.165) is 54.4 Å². The highest BCUT2D eigenvalue weighted by Crippen LogP contribution is 2.28. The van der Waals surface area contributed by atoms with Crippen LogP contribution in [0.2, 0.25) is 0 Å². The number of aryl methyl sites for hydroxylation is 1. The van der Waals surface area contributed by atoms with Crippen molar-refractivity contribution in [2.75, 3.05) is 31.1 Å². The molecule has 2 heterocycles. The van der Waals surface area contributed by atoms with Crippen LogP contribution in [-0.2, 0) is 0 Å².